The molecule has 1 fully saturated rings. The van der Waals surface area contributed by atoms with Gasteiger partial charge in [0.1, 0.15) is 11.3 Å². The number of furan rings is 1. The SMILES string of the molecule is COc1cccc(C2CCCN(Cc3coc4ccccc34)C2)c1.Cl. The van der Waals surface area contributed by atoms with Gasteiger partial charge in [-0.05, 0) is 49.1 Å². The molecule has 2 heterocycles. The van der Waals surface area contributed by atoms with Gasteiger partial charge in [0.2, 0.25) is 0 Å². The van der Waals surface area contributed by atoms with Crippen molar-refractivity contribution in [2.24, 2.45) is 0 Å². The lowest BCUT2D eigenvalue weighted by Gasteiger charge is -2.33. The number of hydrogen-bond acceptors (Lipinski definition) is 3. The highest BCUT2D eigenvalue weighted by atomic mass is 35.5. The number of piperidine rings is 1. The van der Waals surface area contributed by atoms with Gasteiger partial charge < -0.3 is 9.15 Å². The van der Waals surface area contributed by atoms with Crippen molar-refractivity contribution in [3.63, 3.8) is 0 Å². The number of nitrogens with zero attached hydrogens (tertiary/aromatic N) is 1. The van der Waals surface area contributed by atoms with Crippen LogP contribution in [0.15, 0.2) is 59.2 Å². The molecule has 0 saturated carbocycles. The number of ether oxygens (including phenoxy) is 1. The number of benzene rings is 2. The van der Waals surface area contributed by atoms with Gasteiger partial charge in [0.25, 0.3) is 0 Å². The maximum Gasteiger partial charge on any atom is 0.134 e. The second kappa shape index (κ2) is 7.94. The van der Waals surface area contributed by atoms with Crippen molar-refractivity contribution >= 4 is 23.4 Å². The number of halogens is 1. The molecular formula is C21H24ClNO2. The Bertz CT molecular complexity index is 829. The number of rotatable bonds is 4. The Morgan fingerprint density at radius 1 is 1.16 bits per heavy atom. The van der Waals surface area contributed by atoms with Crippen molar-refractivity contribution in [2.75, 3.05) is 20.2 Å². The van der Waals surface area contributed by atoms with Gasteiger partial charge in [-0.2, -0.15) is 0 Å². The fourth-order valence-electron chi connectivity index (χ4n) is 3.76. The van der Waals surface area contributed by atoms with Gasteiger partial charge in [-0.3, -0.25) is 4.90 Å². The molecule has 0 radical (unpaired) electrons. The van der Waals surface area contributed by atoms with Crippen molar-refractivity contribution in [3.8, 4) is 5.75 Å². The van der Waals surface area contributed by atoms with E-state index in [2.05, 4.69) is 35.2 Å². The summed E-state index contributed by atoms with van der Waals surface area (Å²) in [6.45, 7) is 3.20. The molecule has 1 aliphatic rings. The molecule has 4 heteroatoms. The van der Waals surface area contributed by atoms with E-state index >= 15 is 0 Å². The van der Waals surface area contributed by atoms with E-state index < -0.39 is 0 Å². The molecule has 0 amide bonds. The molecule has 0 N–H and O–H groups in total. The summed E-state index contributed by atoms with van der Waals surface area (Å²) in [7, 11) is 1.73. The van der Waals surface area contributed by atoms with Gasteiger partial charge in [-0.1, -0.05) is 30.3 Å². The summed E-state index contributed by atoms with van der Waals surface area (Å²) in [5.41, 5.74) is 3.65. The van der Waals surface area contributed by atoms with Crippen LogP contribution >= 0.6 is 12.4 Å². The minimum atomic E-state index is 0. The summed E-state index contributed by atoms with van der Waals surface area (Å²) >= 11 is 0. The van der Waals surface area contributed by atoms with Crippen LogP contribution in [0, 0.1) is 0 Å². The fourth-order valence-corrected chi connectivity index (χ4v) is 3.76. The van der Waals surface area contributed by atoms with Crippen LogP contribution in [0.2, 0.25) is 0 Å². The van der Waals surface area contributed by atoms with Gasteiger partial charge in [0.15, 0.2) is 0 Å². The van der Waals surface area contributed by atoms with Gasteiger partial charge in [0.05, 0.1) is 13.4 Å². The molecule has 1 aliphatic heterocycles. The predicted molar refractivity (Wildman–Crippen MR) is 104 cm³/mol. The average Bonchev–Trinajstić information content (AvgIpc) is 3.05. The standard InChI is InChI=1S/C21H23NO2.ClH/c1-23-19-8-4-6-16(12-19)17-7-5-11-22(13-17)14-18-15-24-21-10-3-2-9-20(18)21;/h2-4,6,8-10,12,15,17H,5,7,11,13-14H2,1H3;1H. The van der Waals surface area contributed by atoms with E-state index in [4.69, 9.17) is 9.15 Å². The van der Waals surface area contributed by atoms with Crippen LogP contribution in [0.4, 0.5) is 0 Å². The lowest BCUT2D eigenvalue weighted by atomic mass is 9.90. The quantitative estimate of drug-likeness (QED) is 0.638. The molecule has 3 aromatic rings. The van der Waals surface area contributed by atoms with Gasteiger partial charge in [-0.25, -0.2) is 0 Å². The lowest BCUT2D eigenvalue weighted by Crippen LogP contribution is -2.33. The molecule has 1 unspecified atom stereocenters. The summed E-state index contributed by atoms with van der Waals surface area (Å²) in [6.07, 6.45) is 4.40. The zero-order valence-corrected chi connectivity index (χ0v) is 15.3. The van der Waals surface area contributed by atoms with E-state index in [1.54, 1.807) is 7.11 Å². The van der Waals surface area contributed by atoms with Crippen LogP contribution in [0.3, 0.4) is 0 Å². The van der Waals surface area contributed by atoms with Gasteiger partial charge in [-0.15, -0.1) is 12.4 Å². The Morgan fingerprint density at radius 3 is 2.92 bits per heavy atom. The van der Waals surface area contributed by atoms with E-state index in [0.717, 1.165) is 31.0 Å². The molecule has 1 atom stereocenters. The maximum atomic E-state index is 5.69. The minimum Gasteiger partial charge on any atom is -0.497 e. The Morgan fingerprint density at radius 2 is 2.04 bits per heavy atom. The maximum absolute atomic E-state index is 5.69. The summed E-state index contributed by atoms with van der Waals surface area (Å²) in [6, 6.07) is 16.8. The van der Waals surface area contributed by atoms with Crippen LogP contribution in [0.1, 0.15) is 29.9 Å². The van der Waals surface area contributed by atoms with Crippen LogP contribution in [-0.4, -0.2) is 25.1 Å². The first-order chi connectivity index (χ1) is 11.8. The fraction of sp³-hybridized carbons (Fsp3) is 0.333. The normalized spacial score (nSPS) is 18.0. The highest BCUT2D eigenvalue weighted by molar-refractivity contribution is 5.85. The summed E-state index contributed by atoms with van der Waals surface area (Å²) in [5.74, 6) is 1.53. The summed E-state index contributed by atoms with van der Waals surface area (Å²) < 4.78 is 11.1. The highest BCUT2D eigenvalue weighted by Gasteiger charge is 2.22. The minimum absolute atomic E-state index is 0. The monoisotopic (exact) mass is 357 g/mol. The Hall–Kier alpha value is -1.97. The molecule has 1 aromatic heterocycles. The first kappa shape index (κ1) is 17.8. The smallest absolute Gasteiger partial charge is 0.134 e. The molecule has 2 aromatic carbocycles. The number of methoxy groups -OCH3 is 1. The third-order valence-electron chi connectivity index (χ3n) is 5.03. The van der Waals surface area contributed by atoms with E-state index in [9.17, 15) is 0 Å². The molecule has 0 aliphatic carbocycles. The highest BCUT2D eigenvalue weighted by Crippen LogP contribution is 2.31. The van der Waals surface area contributed by atoms with Crippen molar-refractivity contribution in [3.05, 3.63) is 65.9 Å². The largest absolute Gasteiger partial charge is 0.497 e. The first-order valence-electron chi connectivity index (χ1n) is 8.65. The van der Waals surface area contributed by atoms with Gasteiger partial charge >= 0.3 is 0 Å². The average molecular weight is 358 g/mol. The first-order valence-corrected chi connectivity index (χ1v) is 8.65. The van der Waals surface area contributed by atoms with Crippen molar-refractivity contribution < 1.29 is 9.15 Å². The topological polar surface area (TPSA) is 25.6 Å². The third kappa shape index (κ3) is 3.83. The second-order valence-electron chi connectivity index (χ2n) is 6.61. The Kier molecular flexibility index (Phi) is 5.67. The van der Waals surface area contributed by atoms with E-state index in [0.29, 0.717) is 5.92 Å². The second-order valence-corrected chi connectivity index (χ2v) is 6.61. The predicted octanol–water partition coefficient (Wildman–Crippen LogP) is 5.24. The number of hydrogen-bond donors (Lipinski definition) is 0. The van der Waals surface area contributed by atoms with Crippen LogP contribution in [-0.2, 0) is 6.54 Å². The van der Waals surface area contributed by atoms with Crippen molar-refractivity contribution in [1.29, 1.82) is 0 Å². The Labute approximate surface area is 155 Å². The van der Waals surface area contributed by atoms with Crippen LogP contribution in [0.5, 0.6) is 5.75 Å². The molecule has 0 spiro atoms. The third-order valence-corrected chi connectivity index (χ3v) is 5.03. The van der Waals surface area contributed by atoms with E-state index in [1.165, 1.54) is 29.4 Å². The molecular weight excluding hydrogens is 334 g/mol. The van der Waals surface area contributed by atoms with Crippen LogP contribution < -0.4 is 4.74 Å². The molecule has 132 valence electrons. The number of fused-ring (bicyclic) bond motifs is 1. The Balaban J connectivity index is 0.00000182. The van der Waals surface area contributed by atoms with E-state index in [1.807, 2.05) is 24.5 Å². The van der Waals surface area contributed by atoms with Crippen molar-refractivity contribution in [1.82, 2.24) is 4.90 Å². The molecule has 0 bridgehead atoms. The number of likely N-dealkylation sites (tertiary alicyclic amines) is 1. The van der Waals surface area contributed by atoms with Gasteiger partial charge in [0, 0.05) is 24.0 Å². The summed E-state index contributed by atoms with van der Waals surface area (Å²) in [5, 5.41) is 1.24. The zero-order valence-electron chi connectivity index (χ0n) is 14.5. The molecule has 1 saturated heterocycles. The van der Waals surface area contributed by atoms with Crippen molar-refractivity contribution in [2.45, 2.75) is 25.3 Å². The summed E-state index contributed by atoms with van der Waals surface area (Å²) in [4.78, 5) is 2.55. The van der Waals surface area contributed by atoms with Crippen LogP contribution in [0.25, 0.3) is 11.0 Å². The molecule has 25 heavy (non-hydrogen) atoms. The molecule has 4 rings (SSSR count). The molecule has 3 nitrogen and oxygen atoms in total. The lowest BCUT2D eigenvalue weighted by molar-refractivity contribution is 0.200. The number of para-hydroxylation sites is 1. The zero-order chi connectivity index (χ0) is 16.4. The van der Waals surface area contributed by atoms with E-state index in [-0.39, 0.29) is 12.4 Å².